The minimum absolute atomic E-state index is 0.213. The second-order valence-corrected chi connectivity index (χ2v) is 6.90. The first-order valence-corrected chi connectivity index (χ1v) is 8.84. The van der Waals surface area contributed by atoms with Gasteiger partial charge in [0.2, 0.25) is 5.60 Å². The van der Waals surface area contributed by atoms with Crippen LogP contribution < -0.4 is 10.2 Å². The zero-order chi connectivity index (χ0) is 23.0. The number of benzene rings is 2. The molecule has 0 spiro atoms. The number of amides is 1. The molecule has 10 heteroatoms. The largest absolute Gasteiger partial charge is 0.417 e. The van der Waals surface area contributed by atoms with E-state index in [-0.39, 0.29) is 17.9 Å². The van der Waals surface area contributed by atoms with Crippen molar-refractivity contribution < 1.29 is 31.9 Å². The molecule has 2 aromatic rings. The van der Waals surface area contributed by atoms with Crippen LogP contribution in [-0.4, -0.2) is 29.7 Å². The molecule has 1 atom stereocenters. The minimum Gasteiger partial charge on any atom is -0.368 e. The maximum atomic E-state index is 13.6. The summed E-state index contributed by atoms with van der Waals surface area (Å²) in [5.41, 5.74) is -4.01. The Morgan fingerprint density at radius 2 is 1.90 bits per heavy atom. The second-order valence-electron chi connectivity index (χ2n) is 6.90. The lowest BCUT2D eigenvalue weighted by atomic mass is 10.0. The first-order chi connectivity index (χ1) is 14.5. The molecular weight excluding hydrogens is 421 g/mol. The van der Waals surface area contributed by atoms with Gasteiger partial charge in [-0.2, -0.15) is 18.4 Å². The summed E-state index contributed by atoms with van der Waals surface area (Å²) in [4.78, 5) is 14.0. The molecule has 0 aliphatic carbocycles. The van der Waals surface area contributed by atoms with Crippen molar-refractivity contribution in [3.8, 4) is 18.4 Å². The van der Waals surface area contributed by atoms with Crippen molar-refractivity contribution in [3.63, 3.8) is 0 Å². The average Bonchev–Trinajstić information content (AvgIpc) is 3.08. The normalized spacial score (nSPS) is 14.9. The first-order valence-electron chi connectivity index (χ1n) is 8.84. The lowest BCUT2D eigenvalue weighted by Crippen LogP contribution is -2.50. The highest BCUT2D eigenvalue weighted by atomic mass is 19.4. The minimum atomic E-state index is -4.84. The van der Waals surface area contributed by atoms with Crippen LogP contribution in [0.3, 0.4) is 0 Å². The zero-order valence-corrected chi connectivity index (χ0v) is 15.7. The van der Waals surface area contributed by atoms with Gasteiger partial charge < -0.3 is 15.3 Å². The Morgan fingerprint density at radius 3 is 2.52 bits per heavy atom. The number of nitrogens with zero attached hydrogens (tertiary/aromatic N) is 2. The molecule has 0 fully saturated rings. The summed E-state index contributed by atoms with van der Waals surface area (Å²) in [6.45, 7) is -0.291. The molecule has 31 heavy (non-hydrogen) atoms. The molecule has 1 aliphatic heterocycles. The van der Waals surface area contributed by atoms with Gasteiger partial charge in [-0.15, -0.1) is 6.42 Å². The molecule has 1 amide bonds. The Morgan fingerprint density at radius 1 is 1.23 bits per heavy atom. The fraction of sp³-hybridized carbons (Fsp3) is 0.238. The van der Waals surface area contributed by atoms with E-state index in [1.165, 1.54) is 11.0 Å². The van der Waals surface area contributed by atoms with Gasteiger partial charge >= 0.3 is 6.18 Å². The number of halogens is 5. The lowest BCUT2D eigenvalue weighted by molar-refractivity contribution is -0.137. The Hall–Kier alpha value is -3.63. The smallest absolute Gasteiger partial charge is 0.368 e. The number of nitriles is 1. The summed E-state index contributed by atoms with van der Waals surface area (Å²) in [7, 11) is 0. The summed E-state index contributed by atoms with van der Waals surface area (Å²) >= 11 is 0. The third-order valence-corrected chi connectivity index (χ3v) is 4.85. The Labute approximate surface area is 173 Å². The highest BCUT2D eigenvalue weighted by Gasteiger charge is 2.39. The molecule has 0 unspecified atom stereocenters. The average molecular weight is 435 g/mol. The number of fused-ring (bicyclic) bond motifs is 1. The van der Waals surface area contributed by atoms with Crippen molar-refractivity contribution in [2.24, 2.45) is 0 Å². The Kier molecular flexibility index (Phi) is 5.62. The third kappa shape index (κ3) is 4.30. The van der Waals surface area contributed by atoms with Crippen molar-refractivity contribution in [1.29, 1.82) is 5.26 Å². The molecule has 0 bridgehead atoms. The number of nitrogens with one attached hydrogen (secondary N) is 1. The molecule has 2 N–H and O–H groups in total. The van der Waals surface area contributed by atoms with Crippen molar-refractivity contribution in [3.05, 3.63) is 58.7 Å². The number of alkyl halides is 3. The molecule has 2 aromatic carbocycles. The lowest BCUT2D eigenvalue weighted by Gasteiger charge is -2.29. The highest BCUT2D eigenvalue weighted by Crippen LogP contribution is 2.34. The Balaban J connectivity index is 1.84. The van der Waals surface area contributed by atoms with E-state index in [0.29, 0.717) is 18.1 Å². The predicted octanol–water partition coefficient (Wildman–Crippen LogP) is 3.22. The monoisotopic (exact) mass is 435 g/mol. The number of aliphatic hydroxyl groups is 1. The number of β-amino-alcohol motifs (C(OH)–C–C–N with tert-alkyl or cyclic N) is 1. The van der Waals surface area contributed by atoms with Gasteiger partial charge in [0.1, 0.15) is 0 Å². The highest BCUT2D eigenvalue weighted by molar-refractivity contribution is 6.00. The Bertz CT molecular complexity index is 1130. The number of hydrogen-bond acceptors (Lipinski definition) is 4. The number of carbonyl (C=O) groups is 1. The van der Waals surface area contributed by atoms with Gasteiger partial charge in [-0.3, -0.25) is 4.79 Å². The molecule has 1 aliphatic rings. The fourth-order valence-corrected chi connectivity index (χ4v) is 3.26. The summed E-state index contributed by atoms with van der Waals surface area (Å²) < 4.78 is 66.4. The van der Waals surface area contributed by atoms with Crippen LogP contribution in [0.4, 0.5) is 33.3 Å². The SMILES string of the molecule is C#C[C@](O)(CN1CCc2cc(F)c(F)cc21)C(=O)Nc1ccc(C#N)c(C(F)(F)F)c1. The summed E-state index contributed by atoms with van der Waals surface area (Å²) in [5.74, 6) is -1.43. The van der Waals surface area contributed by atoms with Gasteiger partial charge in [-0.1, -0.05) is 5.92 Å². The van der Waals surface area contributed by atoms with Crippen molar-refractivity contribution in [2.45, 2.75) is 18.2 Å². The van der Waals surface area contributed by atoms with E-state index in [2.05, 4.69) is 5.32 Å². The van der Waals surface area contributed by atoms with Crippen molar-refractivity contribution in [1.82, 2.24) is 0 Å². The standard InChI is InChI=1S/C21H14F5N3O2/c1-2-20(31,11-29-6-5-12-7-16(22)17(23)9-18(12)29)19(30)28-14-4-3-13(10-27)15(8-14)21(24,25)26/h1,3-4,7-9,31H,5-6,11H2,(H,28,30)/t20-/m0/s1. The van der Waals surface area contributed by atoms with Crippen LogP contribution in [0.15, 0.2) is 30.3 Å². The topological polar surface area (TPSA) is 76.4 Å². The van der Waals surface area contributed by atoms with Crippen LogP contribution in [0, 0.1) is 35.3 Å². The first kappa shape index (κ1) is 22.1. The van der Waals surface area contributed by atoms with E-state index in [4.69, 9.17) is 11.7 Å². The summed E-state index contributed by atoms with van der Waals surface area (Å²) in [6, 6.07) is 5.83. The molecular formula is C21H14F5N3O2. The van der Waals surface area contributed by atoms with Gasteiger partial charge in [-0.25, -0.2) is 8.78 Å². The molecule has 0 saturated heterocycles. The summed E-state index contributed by atoms with van der Waals surface area (Å²) in [6.07, 6.45) is 0.792. The van der Waals surface area contributed by atoms with E-state index in [9.17, 15) is 31.9 Å². The van der Waals surface area contributed by atoms with E-state index < -0.39 is 47.0 Å². The molecule has 0 radical (unpaired) electrons. The van der Waals surface area contributed by atoms with Gasteiger partial charge in [0, 0.05) is 24.0 Å². The van der Waals surface area contributed by atoms with Crippen LogP contribution in [0.2, 0.25) is 0 Å². The number of carbonyl (C=O) groups excluding carboxylic acids is 1. The molecule has 0 aromatic heterocycles. The zero-order valence-electron chi connectivity index (χ0n) is 15.7. The molecule has 3 rings (SSSR count). The van der Waals surface area contributed by atoms with Crippen LogP contribution in [0.5, 0.6) is 0 Å². The van der Waals surface area contributed by atoms with Crippen LogP contribution in [-0.2, 0) is 17.4 Å². The van der Waals surface area contributed by atoms with E-state index >= 15 is 0 Å². The van der Waals surface area contributed by atoms with E-state index in [1.54, 1.807) is 0 Å². The maximum Gasteiger partial charge on any atom is 0.417 e. The van der Waals surface area contributed by atoms with Crippen molar-refractivity contribution in [2.75, 3.05) is 23.3 Å². The quantitative estimate of drug-likeness (QED) is 0.571. The van der Waals surface area contributed by atoms with Crippen LogP contribution in [0.1, 0.15) is 16.7 Å². The van der Waals surface area contributed by atoms with Crippen LogP contribution in [0.25, 0.3) is 0 Å². The van der Waals surface area contributed by atoms with E-state index in [1.807, 2.05) is 5.92 Å². The second kappa shape index (κ2) is 7.89. The molecule has 5 nitrogen and oxygen atoms in total. The van der Waals surface area contributed by atoms with E-state index in [0.717, 1.165) is 24.3 Å². The number of rotatable bonds is 4. The van der Waals surface area contributed by atoms with Gasteiger partial charge in [0.05, 0.1) is 23.7 Å². The molecule has 1 heterocycles. The van der Waals surface area contributed by atoms with Crippen molar-refractivity contribution >= 4 is 17.3 Å². The summed E-state index contributed by atoms with van der Waals surface area (Å²) in [5, 5.41) is 21.6. The number of anilines is 2. The predicted molar refractivity (Wildman–Crippen MR) is 101 cm³/mol. The van der Waals surface area contributed by atoms with Gasteiger partial charge in [0.15, 0.2) is 11.6 Å². The van der Waals surface area contributed by atoms with Crippen LogP contribution >= 0.6 is 0 Å². The van der Waals surface area contributed by atoms with Gasteiger partial charge in [-0.05, 0) is 36.2 Å². The molecule has 0 saturated carbocycles. The molecule has 160 valence electrons. The number of hydrogen-bond donors (Lipinski definition) is 2. The van der Waals surface area contributed by atoms with Gasteiger partial charge in [0.25, 0.3) is 5.91 Å². The maximum absolute atomic E-state index is 13.6. The third-order valence-electron chi connectivity index (χ3n) is 4.85. The fourth-order valence-electron chi connectivity index (χ4n) is 3.26. The number of terminal acetylenes is 1.